The molecule has 1 fully saturated rings. The van der Waals surface area contributed by atoms with Gasteiger partial charge >= 0.3 is 0 Å². The molecule has 1 aromatic heterocycles. The number of carbonyl (C=O) groups excluding carboxylic acids is 2. The molecule has 10 heteroatoms. The van der Waals surface area contributed by atoms with Gasteiger partial charge in [-0.2, -0.15) is 4.31 Å². The van der Waals surface area contributed by atoms with Crippen LogP contribution in [0.3, 0.4) is 0 Å². The Balaban J connectivity index is 1.58. The number of thiophene rings is 1. The Labute approximate surface area is 231 Å². The van der Waals surface area contributed by atoms with Gasteiger partial charge < -0.3 is 10.2 Å². The minimum Gasteiger partial charge on any atom is -0.339 e. The minimum absolute atomic E-state index is 0.0503. The Kier molecular flexibility index (Phi) is 9.62. The van der Waals surface area contributed by atoms with Crippen LogP contribution in [0, 0.1) is 0 Å². The van der Waals surface area contributed by atoms with Crippen LogP contribution < -0.4 is 5.32 Å². The molecule has 3 heterocycles. The number of carbonyl (C=O) groups is 2. The van der Waals surface area contributed by atoms with Gasteiger partial charge in [0.05, 0.1) is 10.5 Å². The van der Waals surface area contributed by atoms with E-state index in [0.29, 0.717) is 42.3 Å². The van der Waals surface area contributed by atoms with Gasteiger partial charge in [-0.3, -0.25) is 14.5 Å². The van der Waals surface area contributed by atoms with Crippen LogP contribution in [0.25, 0.3) is 0 Å². The van der Waals surface area contributed by atoms with Crippen LogP contribution in [-0.2, 0) is 23.0 Å². The summed E-state index contributed by atoms with van der Waals surface area (Å²) in [6.07, 6.45) is 5.69. The number of nitrogens with one attached hydrogen (secondary N) is 1. The van der Waals surface area contributed by atoms with Crippen molar-refractivity contribution in [1.82, 2.24) is 14.1 Å². The Bertz CT molecular complexity index is 1230. The average molecular weight is 561 g/mol. The molecule has 0 saturated carbocycles. The Morgan fingerprint density at radius 2 is 1.63 bits per heavy atom. The summed E-state index contributed by atoms with van der Waals surface area (Å²) in [4.78, 5) is 32.3. The van der Waals surface area contributed by atoms with Crippen LogP contribution >= 0.6 is 11.3 Å². The van der Waals surface area contributed by atoms with Gasteiger partial charge in [-0.1, -0.05) is 19.8 Å². The van der Waals surface area contributed by atoms with E-state index >= 15 is 0 Å². The van der Waals surface area contributed by atoms with Crippen LogP contribution in [0.4, 0.5) is 5.00 Å². The van der Waals surface area contributed by atoms with Gasteiger partial charge in [-0.25, -0.2) is 8.42 Å². The first-order chi connectivity index (χ1) is 18.3. The summed E-state index contributed by atoms with van der Waals surface area (Å²) < 4.78 is 27.8. The number of amides is 2. The molecule has 1 aromatic carbocycles. The highest BCUT2D eigenvalue weighted by Crippen LogP contribution is 2.38. The standard InChI is InChI=1S/C28H40N4O4S2/c1-4-16-30-19-15-23-24(20-30)37-27(25(23)28(34)31(5-2)6-3)29-26(33)21-11-13-22(14-12-21)38(35,36)32-17-9-7-8-10-18-32/h11-14H,4-10,15-20H2,1-3H3,(H,29,33). The summed E-state index contributed by atoms with van der Waals surface area (Å²) in [5.41, 5.74) is 2.02. The van der Waals surface area contributed by atoms with E-state index in [4.69, 9.17) is 0 Å². The summed E-state index contributed by atoms with van der Waals surface area (Å²) in [5, 5.41) is 3.58. The summed E-state index contributed by atoms with van der Waals surface area (Å²) in [6, 6.07) is 6.14. The molecule has 208 valence electrons. The molecule has 1 N–H and O–H groups in total. The lowest BCUT2D eigenvalue weighted by Crippen LogP contribution is -2.34. The number of sulfonamides is 1. The first kappa shape index (κ1) is 28.7. The molecule has 4 rings (SSSR count). The zero-order valence-electron chi connectivity index (χ0n) is 22.8. The van der Waals surface area contributed by atoms with Gasteiger partial charge in [0.1, 0.15) is 5.00 Å². The number of benzene rings is 1. The lowest BCUT2D eigenvalue weighted by atomic mass is 10.0. The van der Waals surface area contributed by atoms with E-state index in [-0.39, 0.29) is 16.7 Å². The third-order valence-electron chi connectivity index (χ3n) is 7.49. The fourth-order valence-electron chi connectivity index (χ4n) is 5.33. The molecule has 2 amide bonds. The van der Waals surface area contributed by atoms with Crippen molar-refractivity contribution in [3.63, 3.8) is 0 Å². The van der Waals surface area contributed by atoms with E-state index in [9.17, 15) is 18.0 Å². The number of nitrogens with zero attached hydrogens (tertiary/aromatic N) is 3. The second kappa shape index (κ2) is 12.7. The molecular formula is C28H40N4O4S2. The van der Waals surface area contributed by atoms with Crippen LogP contribution in [0.15, 0.2) is 29.2 Å². The number of hydrogen-bond donors (Lipinski definition) is 1. The molecule has 0 aliphatic carbocycles. The van der Waals surface area contributed by atoms with Gasteiger partial charge in [0, 0.05) is 49.7 Å². The lowest BCUT2D eigenvalue weighted by Gasteiger charge is -2.27. The molecule has 8 nitrogen and oxygen atoms in total. The van der Waals surface area contributed by atoms with Crippen molar-refractivity contribution >= 4 is 38.2 Å². The molecule has 0 radical (unpaired) electrons. The molecule has 1 saturated heterocycles. The molecule has 2 aliphatic heterocycles. The Morgan fingerprint density at radius 1 is 0.974 bits per heavy atom. The summed E-state index contributed by atoms with van der Waals surface area (Å²) in [6.45, 7) is 11.0. The van der Waals surface area contributed by atoms with Crippen molar-refractivity contribution < 1.29 is 18.0 Å². The first-order valence-corrected chi connectivity index (χ1v) is 16.1. The highest BCUT2D eigenvalue weighted by Gasteiger charge is 2.31. The zero-order valence-corrected chi connectivity index (χ0v) is 24.4. The van der Waals surface area contributed by atoms with E-state index in [2.05, 4.69) is 17.1 Å². The summed E-state index contributed by atoms with van der Waals surface area (Å²) in [5.74, 6) is -0.396. The van der Waals surface area contributed by atoms with Crippen molar-refractivity contribution in [1.29, 1.82) is 0 Å². The van der Waals surface area contributed by atoms with E-state index < -0.39 is 10.0 Å². The number of anilines is 1. The molecule has 0 unspecified atom stereocenters. The molecule has 38 heavy (non-hydrogen) atoms. The summed E-state index contributed by atoms with van der Waals surface area (Å²) in [7, 11) is -3.58. The lowest BCUT2D eigenvalue weighted by molar-refractivity contribution is 0.0772. The van der Waals surface area contributed by atoms with Crippen molar-refractivity contribution in [2.45, 2.75) is 70.7 Å². The van der Waals surface area contributed by atoms with Crippen LogP contribution in [0.1, 0.15) is 84.0 Å². The molecule has 0 spiro atoms. The van der Waals surface area contributed by atoms with E-state index in [0.717, 1.165) is 68.6 Å². The van der Waals surface area contributed by atoms with Gasteiger partial charge in [0.15, 0.2) is 0 Å². The maximum absolute atomic E-state index is 13.5. The average Bonchev–Trinajstić information content (AvgIpc) is 3.06. The summed E-state index contributed by atoms with van der Waals surface area (Å²) >= 11 is 1.49. The third kappa shape index (κ3) is 6.14. The second-order valence-electron chi connectivity index (χ2n) is 10.0. The molecular weight excluding hydrogens is 520 g/mol. The number of rotatable bonds is 9. The molecule has 0 bridgehead atoms. The SMILES string of the molecule is CCCN1CCc2c(sc(NC(=O)c3ccc(S(=O)(=O)N4CCCCCC4)cc3)c2C(=O)N(CC)CC)C1. The van der Waals surface area contributed by atoms with Crippen molar-refractivity contribution in [2.24, 2.45) is 0 Å². The zero-order chi connectivity index (χ0) is 27.3. The monoisotopic (exact) mass is 560 g/mol. The quantitative estimate of drug-likeness (QED) is 0.475. The van der Waals surface area contributed by atoms with Gasteiger partial charge in [-0.05, 0) is 75.9 Å². The van der Waals surface area contributed by atoms with Gasteiger partial charge in [-0.15, -0.1) is 11.3 Å². The normalized spacial score (nSPS) is 17.0. The highest BCUT2D eigenvalue weighted by atomic mass is 32.2. The third-order valence-corrected chi connectivity index (χ3v) is 10.5. The van der Waals surface area contributed by atoms with Crippen LogP contribution in [0.5, 0.6) is 0 Å². The maximum atomic E-state index is 13.5. The Morgan fingerprint density at radius 3 is 2.24 bits per heavy atom. The van der Waals surface area contributed by atoms with E-state index in [1.54, 1.807) is 21.3 Å². The maximum Gasteiger partial charge on any atom is 0.257 e. The smallest absolute Gasteiger partial charge is 0.257 e. The highest BCUT2D eigenvalue weighted by molar-refractivity contribution is 7.89. The van der Waals surface area contributed by atoms with Crippen LogP contribution in [-0.4, -0.2) is 73.6 Å². The van der Waals surface area contributed by atoms with Crippen molar-refractivity contribution in [2.75, 3.05) is 44.6 Å². The fraction of sp³-hybridized carbons (Fsp3) is 0.571. The number of fused-ring (bicyclic) bond motifs is 1. The number of hydrogen-bond acceptors (Lipinski definition) is 6. The largest absolute Gasteiger partial charge is 0.339 e. The van der Waals surface area contributed by atoms with Crippen molar-refractivity contribution in [3.05, 3.63) is 45.8 Å². The van der Waals surface area contributed by atoms with E-state index in [1.807, 2.05) is 13.8 Å². The molecule has 0 atom stereocenters. The first-order valence-electron chi connectivity index (χ1n) is 13.9. The molecule has 2 aliphatic rings. The van der Waals surface area contributed by atoms with Crippen LogP contribution in [0.2, 0.25) is 0 Å². The minimum atomic E-state index is -3.58. The fourth-order valence-corrected chi connectivity index (χ4v) is 8.13. The van der Waals surface area contributed by atoms with Gasteiger partial charge in [0.2, 0.25) is 10.0 Å². The van der Waals surface area contributed by atoms with Crippen molar-refractivity contribution in [3.8, 4) is 0 Å². The topological polar surface area (TPSA) is 90.0 Å². The Hall–Kier alpha value is -2.27. The van der Waals surface area contributed by atoms with Gasteiger partial charge in [0.25, 0.3) is 11.8 Å². The van der Waals surface area contributed by atoms with E-state index in [1.165, 1.54) is 23.5 Å². The molecule has 2 aromatic rings. The predicted octanol–water partition coefficient (Wildman–Crippen LogP) is 4.82. The second-order valence-corrected chi connectivity index (χ2v) is 13.1. The predicted molar refractivity (Wildman–Crippen MR) is 152 cm³/mol.